The predicted molar refractivity (Wildman–Crippen MR) is 105 cm³/mol. The quantitative estimate of drug-likeness (QED) is 0.411. The first-order chi connectivity index (χ1) is 13.6. The molecule has 0 aliphatic carbocycles. The van der Waals surface area contributed by atoms with Crippen LogP contribution in [0, 0.1) is 25.2 Å². The van der Waals surface area contributed by atoms with Gasteiger partial charge in [-0.25, -0.2) is 9.36 Å². The third kappa shape index (κ3) is 3.04. The maximum absolute atomic E-state index is 9.59. The van der Waals surface area contributed by atoms with E-state index >= 15 is 0 Å². The molecule has 0 bridgehead atoms. The molecule has 2 N–H and O–H groups in total. The second-order valence-electron chi connectivity index (χ2n) is 6.12. The average Bonchev–Trinajstić information content (AvgIpc) is 3.37. The Balaban J connectivity index is 1.66. The Morgan fingerprint density at radius 2 is 1.96 bits per heavy atom. The summed E-state index contributed by atoms with van der Waals surface area (Å²) in [7, 11) is 0. The molecule has 28 heavy (non-hydrogen) atoms. The van der Waals surface area contributed by atoms with E-state index in [4.69, 9.17) is 10.3 Å². The van der Waals surface area contributed by atoms with Gasteiger partial charge in [0.05, 0.1) is 34.5 Å². The summed E-state index contributed by atoms with van der Waals surface area (Å²) in [6, 6.07) is 13.8. The lowest BCUT2D eigenvalue weighted by atomic mass is 10.2. The van der Waals surface area contributed by atoms with E-state index in [9.17, 15) is 5.26 Å². The van der Waals surface area contributed by atoms with E-state index in [-0.39, 0.29) is 0 Å². The van der Waals surface area contributed by atoms with Crippen molar-refractivity contribution in [2.24, 2.45) is 0 Å². The SMILES string of the molecule is Cc1nn(-c2ccccc2)c(CSc2nnc(-c3ccoc3C)n2N)c1C#N. The summed E-state index contributed by atoms with van der Waals surface area (Å²) in [4.78, 5) is 0. The highest BCUT2D eigenvalue weighted by molar-refractivity contribution is 7.98. The molecule has 4 aromatic rings. The van der Waals surface area contributed by atoms with E-state index in [2.05, 4.69) is 21.4 Å². The fraction of sp³-hybridized carbons (Fsp3) is 0.158. The van der Waals surface area contributed by atoms with Crippen LogP contribution in [0.1, 0.15) is 22.7 Å². The molecule has 0 atom stereocenters. The van der Waals surface area contributed by atoms with Gasteiger partial charge < -0.3 is 10.3 Å². The van der Waals surface area contributed by atoms with Gasteiger partial charge in [-0.3, -0.25) is 0 Å². The maximum atomic E-state index is 9.59. The Morgan fingerprint density at radius 1 is 1.18 bits per heavy atom. The first-order valence-electron chi connectivity index (χ1n) is 8.52. The molecule has 0 saturated carbocycles. The number of aromatic nitrogens is 5. The highest BCUT2D eigenvalue weighted by Crippen LogP contribution is 2.29. The van der Waals surface area contributed by atoms with Gasteiger partial charge in [0, 0.05) is 5.75 Å². The van der Waals surface area contributed by atoms with Crippen molar-refractivity contribution in [1.82, 2.24) is 24.7 Å². The van der Waals surface area contributed by atoms with Gasteiger partial charge in [-0.05, 0) is 32.0 Å². The molecule has 140 valence electrons. The van der Waals surface area contributed by atoms with Crippen molar-refractivity contribution < 1.29 is 4.42 Å². The van der Waals surface area contributed by atoms with Gasteiger partial charge in [0.2, 0.25) is 5.16 Å². The van der Waals surface area contributed by atoms with Crippen LogP contribution in [-0.2, 0) is 5.75 Å². The molecule has 0 fully saturated rings. The lowest BCUT2D eigenvalue weighted by Crippen LogP contribution is -2.12. The van der Waals surface area contributed by atoms with Gasteiger partial charge in [-0.1, -0.05) is 30.0 Å². The van der Waals surface area contributed by atoms with Crippen molar-refractivity contribution in [2.45, 2.75) is 24.8 Å². The lowest BCUT2D eigenvalue weighted by Gasteiger charge is -2.08. The van der Waals surface area contributed by atoms with E-state index < -0.39 is 0 Å². The van der Waals surface area contributed by atoms with Gasteiger partial charge in [0.25, 0.3) is 0 Å². The molecule has 0 radical (unpaired) electrons. The van der Waals surface area contributed by atoms with Gasteiger partial charge in [-0.2, -0.15) is 10.4 Å². The molecule has 3 heterocycles. The summed E-state index contributed by atoms with van der Waals surface area (Å²) in [6.07, 6.45) is 1.59. The number of nitriles is 1. The number of furan rings is 1. The second kappa shape index (κ2) is 7.25. The molecule has 9 heteroatoms. The van der Waals surface area contributed by atoms with Gasteiger partial charge in [0.15, 0.2) is 5.82 Å². The monoisotopic (exact) mass is 391 g/mol. The second-order valence-corrected chi connectivity index (χ2v) is 7.06. The number of nitrogen functional groups attached to an aromatic ring is 1. The number of rotatable bonds is 5. The summed E-state index contributed by atoms with van der Waals surface area (Å²) in [5.41, 5.74) is 3.73. The summed E-state index contributed by atoms with van der Waals surface area (Å²) in [5, 5.41) is 23.0. The molecule has 0 saturated heterocycles. The van der Waals surface area contributed by atoms with Crippen LogP contribution in [0.3, 0.4) is 0 Å². The van der Waals surface area contributed by atoms with E-state index in [1.54, 1.807) is 17.0 Å². The fourth-order valence-electron chi connectivity index (χ4n) is 2.95. The molecule has 0 unspecified atom stereocenters. The smallest absolute Gasteiger partial charge is 0.210 e. The minimum atomic E-state index is 0.471. The van der Waals surface area contributed by atoms with Crippen LogP contribution in [-0.4, -0.2) is 24.7 Å². The molecule has 0 aliphatic rings. The molecular weight excluding hydrogens is 374 g/mol. The highest BCUT2D eigenvalue weighted by atomic mass is 32.2. The van der Waals surface area contributed by atoms with E-state index in [1.807, 2.05) is 44.2 Å². The molecule has 1 aromatic carbocycles. The Morgan fingerprint density at radius 3 is 2.64 bits per heavy atom. The Hall–Kier alpha value is -3.51. The van der Waals surface area contributed by atoms with E-state index in [0.717, 1.165) is 22.7 Å². The van der Waals surface area contributed by atoms with Crippen molar-refractivity contribution in [2.75, 3.05) is 5.84 Å². The zero-order valence-electron chi connectivity index (χ0n) is 15.3. The summed E-state index contributed by atoms with van der Waals surface area (Å²) in [6.45, 7) is 3.68. The largest absolute Gasteiger partial charge is 0.469 e. The van der Waals surface area contributed by atoms with Crippen LogP contribution in [0.25, 0.3) is 17.1 Å². The van der Waals surface area contributed by atoms with Gasteiger partial charge in [0.1, 0.15) is 11.8 Å². The molecule has 4 rings (SSSR count). The van der Waals surface area contributed by atoms with Crippen LogP contribution in [0.15, 0.2) is 52.2 Å². The van der Waals surface area contributed by atoms with Crippen LogP contribution in [0.2, 0.25) is 0 Å². The van der Waals surface area contributed by atoms with Crippen molar-refractivity contribution in [3.8, 4) is 23.1 Å². The van der Waals surface area contributed by atoms with Crippen LogP contribution in [0.4, 0.5) is 0 Å². The molecule has 0 spiro atoms. The standard InChI is InChI=1S/C19H17N7OS/c1-12-16(10-20)17(26(24-12)14-6-4-3-5-7-14)11-28-19-23-22-18(25(19)21)15-8-9-27-13(15)2/h3-9H,11,21H2,1-2H3. The third-order valence-corrected chi connectivity index (χ3v) is 5.33. The summed E-state index contributed by atoms with van der Waals surface area (Å²) in [5.74, 6) is 7.92. The van der Waals surface area contributed by atoms with Crippen molar-refractivity contribution in [1.29, 1.82) is 5.26 Å². The van der Waals surface area contributed by atoms with Crippen molar-refractivity contribution in [3.63, 3.8) is 0 Å². The number of hydrogen-bond donors (Lipinski definition) is 1. The minimum absolute atomic E-state index is 0.471. The molecule has 0 amide bonds. The first-order valence-corrected chi connectivity index (χ1v) is 9.50. The Labute approximate surface area is 165 Å². The average molecular weight is 391 g/mol. The highest BCUT2D eigenvalue weighted by Gasteiger charge is 2.20. The van der Waals surface area contributed by atoms with Gasteiger partial charge in [-0.15, -0.1) is 10.2 Å². The van der Waals surface area contributed by atoms with E-state index in [1.165, 1.54) is 16.4 Å². The number of hydrogen-bond acceptors (Lipinski definition) is 7. The van der Waals surface area contributed by atoms with Gasteiger partial charge >= 0.3 is 0 Å². The number of aryl methyl sites for hydroxylation is 2. The number of para-hydroxylation sites is 1. The summed E-state index contributed by atoms with van der Waals surface area (Å²) < 4.78 is 8.55. The first kappa shape index (κ1) is 17.9. The third-order valence-electron chi connectivity index (χ3n) is 4.37. The number of thioether (sulfide) groups is 1. The van der Waals surface area contributed by atoms with Crippen molar-refractivity contribution in [3.05, 3.63) is 65.4 Å². The topological polar surface area (TPSA) is 111 Å². The molecule has 8 nitrogen and oxygen atoms in total. The fourth-order valence-corrected chi connectivity index (χ4v) is 3.80. The van der Waals surface area contributed by atoms with Crippen LogP contribution >= 0.6 is 11.8 Å². The van der Waals surface area contributed by atoms with Crippen LogP contribution < -0.4 is 5.84 Å². The molecular formula is C19H17N7OS. The van der Waals surface area contributed by atoms with Crippen molar-refractivity contribution >= 4 is 11.8 Å². The zero-order valence-corrected chi connectivity index (χ0v) is 16.1. The number of benzene rings is 1. The molecule has 0 aliphatic heterocycles. The Bertz CT molecular complexity index is 1170. The van der Waals surface area contributed by atoms with Crippen LogP contribution in [0.5, 0.6) is 0 Å². The zero-order chi connectivity index (χ0) is 19.7. The predicted octanol–water partition coefficient (Wildman–Crippen LogP) is 3.22. The minimum Gasteiger partial charge on any atom is -0.469 e. The number of nitrogens with zero attached hydrogens (tertiary/aromatic N) is 6. The Kier molecular flexibility index (Phi) is 4.63. The normalized spacial score (nSPS) is 10.9. The maximum Gasteiger partial charge on any atom is 0.210 e. The number of nitrogens with two attached hydrogens (primary N) is 1. The lowest BCUT2D eigenvalue weighted by molar-refractivity contribution is 0.535. The molecule has 3 aromatic heterocycles. The van der Waals surface area contributed by atoms with E-state index in [0.29, 0.717) is 28.0 Å². The summed E-state index contributed by atoms with van der Waals surface area (Å²) >= 11 is 1.40.